The summed E-state index contributed by atoms with van der Waals surface area (Å²) in [4.78, 5) is 23.7. The number of hydrogen-bond acceptors (Lipinski definition) is 5. The molecule has 2 N–H and O–H groups in total. The van der Waals surface area contributed by atoms with Crippen molar-refractivity contribution in [3.05, 3.63) is 53.9 Å². The van der Waals surface area contributed by atoms with Crippen molar-refractivity contribution in [2.24, 2.45) is 5.92 Å². The van der Waals surface area contributed by atoms with Gasteiger partial charge in [-0.3, -0.25) is 10.5 Å². The van der Waals surface area contributed by atoms with E-state index >= 15 is 0 Å². The van der Waals surface area contributed by atoms with Crippen LogP contribution >= 0.6 is 0 Å². The van der Waals surface area contributed by atoms with Gasteiger partial charge >= 0.3 is 0 Å². The second-order valence-electron chi connectivity index (χ2n) is 7.31. The Labute approximate surface area is 160 Å². The van der Waals surface area contributed by atoms with E-state index in [1.807, 2.05) is 12.1 Å². The van der Waals surface area contributed by atoms with Crippen molar-refractivity contribution in [3.8, 4) is 0 Å². The van der Waals surface area contributed by atoms with Gasteiger partial charge in [0.15, 0.2) is 5.82 Å². The van der Waals surface area contributed by atoms with Crippen LogP contribution in [0.5, 0.6) is 0 Å². The number of carbonyl (C=O) groups is 1. The molecule has 141 valence electrons. The zero-order valence-corrected chi connectivity index (χ0v) is 15.9. The van der Waals surface area contributed by atoms with Crippen LogP contribution in [0.3, 0.4) is 0 Å². The average Bonchev–Trinajstić information content (AvgIpc) is 2.67. The second-order valence-corrected chi connectivity index (χ2v) is 7.31. The van der Waals surface area contributed by atoms with Gasteiger partial charge in [-0.15, -0.1) is 0 Å². The summed E-state index contributed by atoms with van der Waals surface area (Å²) in [5.74, 6) is 1.10. The number of carbonyl (C=O) groups excluding carboxylic acids is 1. The molecule has 1 fully saturated rings. The third kappa shape index (κ3) is 4.52. The molecule has 0 spiro atoms. The van der Waals surface area contributed by atoms with Crippen LogP contribution in [0, 0.1) is 5.92 Å². The Bertz CT molecular complexity index is 833. The van der Waals surface area contributed by atoms with Crippen LogP contribution in [-0.4, -0.2) is 41.4 Å². The Morgan fingerprint density at radius 2 is 2.30 bits per heavy atom. The average molecular weight is 364 g/mol. The Morgan fingerprint density at radius 1 is 1.48 bits per heavy atom. The minimum absolute atomic E-state index is 0.0445. The van der Waals surface area contributed by atoms with Gasteiger partial charge in [-0.1, -0.05) is 32.6 Å². The largest absolute Gasteiger partial charge is 0.354 e. The summed E-state index contributed by atoms with van der Waals surface area (Å²) >= 11 is 0. The number of aromatic nitrogens is 2. The van der Waals surface area contributed by atoms with Crippen molar-refractivity contribution in [2.75, 3.05) is 24.5 Å². The minimum Gasteiger partial charge on any atom is -0.354 e. The molecule has 27 heavy (non-hydrogen) atoms. The quantitative estimate of drug-likeness (QED) is 0.797. The minimum atomic E-state index is -0.285. The van der Waals surface area contributed by atoms with E-state index in [1.54, 1.807) is 18.2 Å². The van der Waals surface area contributed by atoms with Gasteiger partial charge in [0, 0.05) is 31.9 Å². The number of ketones is 1. The predicted octanol–water partition coefficient (Wildman–Crippen LogP) is 3.09. The summed E-state index contributed by atoms with van der Waals surface area (Å²) in [5, 5.41) is 3.55. The van der Waals surface area contributed by atoms with E-state index in [9.17, 15) is 4.79 Å². The molecule has 3 rings (SSSR count). The van der Waals surface area contributed by atoms with Gasteiger partial charge in [0.1, 0.15) is 11.5 Å². The first-order valence-electron chi connectivity index (χ1n) is 9.32. The number of nitrogens with one attached hydrogen (secondary N) is 2. The third-order valence-corrected chi connectivity index (χ3v) is 4.69. The maximum absolute atomic E-state index is 12.9. The monoisotopic (exact) mass is 364 g/mol. The van der Waals surface area contributed by atoms with Gasteiger partial charge in [-0.2, -0.15) is 0 Å². The maximum Gasteiger partial charge on any atom is 0.215 e. The molecule has 6 heteroatoms. The van der Waals surface area contributed by atoms with E-state index in [2.05, 4.69) is 40.6 Å². The second kappa shape index (κ2) is 8.31. The molecule has 1 atom stereocenters. The van der Waals surface area contributed by atoms with Crippen molar-refractivity contribution in [1.29, 1.82) is 0 Å². The van der Waals surface area contributed by atoms with Gasteiger partial charge in [-0.05, 0) is 36.1 Å². The highest BCUT2D eigenvalue weighted by atomic mass is 16.1. The molecule has 0 unspecified atom stereocenters. The number of nitrogens with zero attached hydrogens (tertiary/aromatic N) is 3. The molecule has 1 saturated heterocycles. The highest BCUT2D eigenvalue weighted by Gasteiger charge is 2.22. The summed E-state index contributed by atoms with van der Waals surface area (Å²) in [6, 6.07) is 7.55. The summed E-state index contributed by atoms with van der Waals surface area (Å²) in [5.41, 5.74) is 9.24. The van der Waals surface area contributed by atoms with E-state index in [4.69, 9.17) is 5.73 Å². The third-order valence-electron chi connectivity index (χ3n) is 4.69. The molecule has 0 saturated carbocycles. The Morgan fingerprint density at radius 3 is 3.04 bits per heavy atom. The smallest absolute Gasteiger partial charge is 0.215 e. The van der Waals surface area contributed by atoms with Gasteiger partial charge in [0.05, 0.1) is 5.56 Å². The summed E-state index contributed by atoms with van der Waals surface area (Å²) < 4.78 is 0. The molecule has 0 aromatic carbocycles. The number of hydrogen-bond donors (Lipinski definition) is 1. The Kier molecular flexibility index (Phi) is 5.86. The summed E-state index contributed by atoms with van der Waals surface area (Å²) in [6.45, 7) is 10.8. The molecular weight excluding hydrogens is 338 g/mol. The first-order valence-corrected chi connectivity index (χ1v) is 9.32. The summed E-state index contributed by atoms with van der Waals surface area (Å²) in [6.07, 6.45) is 4.26. The van der Waals surface area contributed by atoms with E-state index in [1.165, 1.54) is 6.20 Å². The van der Waals surface area contributed by atoms with Crippen LogP contribution < -0.4 is 16.0 Å². The van der Waals surface area contributed by atoms with Crippen molar-refractivity contribution in [2.45, 2.75) is 26.3 Å². The maximum atomic E-state index is 12.9. The Balaban J connectivity index is 1.83. The zero-order chi connectivity index (χ0) is 19.4. The SMILES string of the molecule is C=Cc1cnc([NH])c(C(=O)c2cccc(N3CCN[C@@H](CC(C)C)C3)n2)c1. The van der Waals surface area contributed by atoms with Crippen molar-refractivity contribution < 1.29 is 4.79 Å². The molecule has 0 bridgehead atoms. The van der Waals surface area contributed by atoms with E-state index in [-0.39, 0.29) is 17.2 Å². The number of anilines is 1. The van der Waals surface area contributed by atoms with Crippen LogP contribution in [0.15, 0.2) is 37.0 Å². The Hall–Kier alpha value is -2.73. The van der Waals surface area contributed by atoms with E-state index in [0.29, 0.717) is 23.2 Å². The fourth-order valence-electron chi connectivity index (χ4n) is 3.39. The number of piperazine rings is 1. The normalized spacial score (nSPS) is 17.1. The lowest BCUT2D eigenvalue weighted by Gasteiger charge is -2.35. The molecular formula is C21H26N5O. The molecule has 2 aromatic heterocycles. The molecule has 1 aliphatic rings. The topological polar surface area (TPSA) is 81.9 Å². The first kappa shape index (κ1) is 19.0. The predicted molar refractivity (Wildman–Crippen MR) is 108 cm³/mol. The molecule has 1 aliphatic heterocycles. The van der Waals surface area contributed by atoms with E-state index < -0.39 is 0 Å². The lowest BCUT2D eigenvalue weighted by Crippen LogP contribution is -2.51. The molecule has 0 amide bonds. The molecule has 6 nitrogen and oxygen atoms in total. The van der Waals surface area contributed by atoms with Crippen LogP contribution in [0.1, 0.15) is 41.9 Å². The van der Waals surface area contributed by atoms with Crippen LogP contribution in [0.2, 0.25) is 0 Å². The highest BCUT2D eigenvalue weighted by molar-refractivity contribution is 6.10. The lowest BCUT2D eigenvalue weighted by atomic mass is 10.0. The van der Waals surface area contributed by atoms with Crippen LogP contribution in [0.25, 0.3) is 6.08 Å². The van der Waals surface area contributed by atoms with Gasteiger partial charge in [0.2, 0.25) is 5.78 Å². The van der Waals surface area contributed by atoms with Crippen LogP contribution in [-0.2, 0) is 0 Å². The fourth-order valence-corrected chi connectivity index (χ4v) is 3.39. The fraction of sp³-hybridized carbons (Fsp3) is 0.381. The standard InChI is InChI=1S/C21H26N5O/c1-4-15-11-17(21(22)24-12-15)20(27)18-6-5-7-19(25-18)26-9-8-23-16(13-26)10-14(2)3/h4-7,11-12,14,16,22-23H,1,8-10,13H2,2-3H3/t16-/m0/s1. The van der Waals surface area contributed by atoms with Gasteiger partial charge < -0.3 is 10.2 Å². The lowest BCUT2D eigenvalue weighted by molar-refractivity contribution is 0.103. The number of rotatable bonds is 6. The highest BCUT2D eigenvalue weighted by Crippen LogP contribution is 2.20. The molecule has 3 heterocycles. The molecule has 1 radical (unpaired) electrons. The first-order chi connectivity index (χ1) is 13.0. The summed E-state index contributed by atoms with van der Waals surface area (Å²) in [7, 11) is 0. The molecule has 2 aromatic rings. The van der Waals surface area contributed by atoms with Crippen molar-refractivity contribution in [1.82, 2.24) is 21.0 Å². The van der Waals surface area contributed by atoms with Crippen molar-refractivity contribution in [3.63, 3.8) is 0 Å². The van der Waals surface area contributed by atoms with Gasteiger partial charge in [0.25, 0.3) is 0 Å². The van der Waals surface area contributed by atoms with Crippen LogP contribution in [0.4, 0.5) is 11.6 Å². The van der Waals surface area contributed by atoms with Crippen molar-refractivity contribution >= 4 is 23.5 Å². The zero-order valence-electron chi connectivity index (χ0n) is 15.9. The molecule has 0 aliphatic carbocycles. The number of pyridine rings is 2. The van der Waals surface area contributed by atoms with E-state index in [0.717, 1.165) is 31.9 Å². The van der Waals surface area contributed by atoms with Gasteiger partial charge in [-0.25, -0.2) is 9.97 Å².